The zero-order chi connectivity index (χ0) is 23.1. The number of halogens is 1. The van der Waals surface area contributed by atoms with Crippen molar-refractivity contribution in [2.75, 3.05) is 6.61 Å². The van der Waals surface area contributed by atoms with E-state index < -0.39 is 6.04 Å². The first-order valence-electron chi connectivity index (χ1n) is 10.7. The molecule has 168 valence electrons. The molecule has 2 aromatic rings. The van der Waals surface area contributed by atoms with E-state index in [0.717, 1.165) is 28.7 Å². The van der Waals surface area contributed by atoms with Gasteiger partial charge in [0.15, 0.2) is 6.61 Å². The Morgan fingerprint density at radius 1 is 1.10 bits per heavy atom. The van der Waals surface area contributed by atoms with E-state index in [-0.39, 0.29) is 24.5 Å². The molecule has 0 heterocycles. The number of hydrogen-bond acceptors (Lipinski definition) is 3. The molecule has 2 amide bonds. The topological polar surface area (TPSA) is 58.6 Å². The quantitative estimate of drug-likeness (QED) is 0.593. The first-order valence-corrected chi connectivity index (χ1v) is 11.0. The maximum atomic E-state index is 13.1. The number of aryl methyl sites for hydroxylation is 3. The molecule has 1 N–H and O–H groups in total. The van der Waals surface area contributed by atoms with Crippen LogP contribution in [0.25, 0.3) is 0 Å². The highest BCUT2D eigenvalue weighted by Gasteiger charge is 2.27. The highest BCUT2D eigenvalue weighted by Crippen LogP contribution is 2.26. The van der Waals surface area contributed by atoms with Crippen molar-refractivity contribution in [2.45, 2.75) is 66.6 Å². The van der Waals surface area contributed by atoms with Gasteiger partial charge in [-0.05, 0) is 69.9 Å². The van der Waals surface area contributed by atoms with Crippen molar-refractivity contribution in [1.29, 1.82) is 0 Å². The fourth-order valence-electron chi connectivity index (χ4n) is 3.27. The SMILES string of the molecule is CC[C@@H](C)NC(=O)[C@@H](C)N(Cc1cccc(C)c1)C(=O)COc1cc(C)c(Cl)c(C)c1. The monoisotopic (exact) mass is 444 g/mol. The van der Waals surface area contributed by atoms with Crippen LogP contribution in [0.2, 0.25) is 5.02 Å². The Hall–Kier alpha value is -2.53. The van der Waals surface area contributed by atoms with Crippen LogP contribution in [-0.4, -0.2) is 35.4 Å². The molecule has 2 rings (SSSR count). The number of ether oxygens (including phenoxy) is 1. The highest BCUT2D eigenvalue weighted by molar-refractivity contribution is 6.32. The summed E-state index contributed by atoms with van der Waals surface area (Å²) < 4.78 is 5.78. The van der Waals surface area contributed by atoms with Gasteiger partial charge in [0.2, 0.25) is 5.91 Å². The van der Waals surface area contributed by atoms with Gasteiger partial charge in [0.1, 0.15) is 11.8 Å². The van der Waals surface area contributed by atoms with Gasteiger partial charge in [-0.2, -0.15) is 0 Å². The number of hydrogen-bond donors (Lipinski definition) is 1. The fraction of sp³-hybridized carbons (Fsp3) is 0.440. The van der Waals surface area contributed by atoms with E-state index in [1.165, 1.54) is 0 Å². The summed E-state index contributed by atoms with van der Waals surface area (Å²) in [5.74, 6) is 0.159. The molecular weight excluding hydrogens is 412 g/mol. The molecule has 2 aromatic carbocycles. The third-order valence-electron chi connectivity index (χ3n) is 5.38. The summed E-state index contributed by atoms with van der Waals surface area (Å²) in [7, 11) is 0. The van der Waals surface area contributed by atoms with E-state index in [2.05, 4.69) is 5.32 Å². The normalized spacial score (nSPS) is 12.7. The summed E-state index contributed by atoms with van der Waals surface area (Å²) in [5, 5.41) is 3.66. The summed E-state index contributed by atoms with van der Waals surface area (Å²) in [4.78, 5) is 27.5. The largest absolute Gasteiger partial charge is 0.484 e. The molecule has 0 radical (unpaired) electrons. The van der Waals surface area contributed by atoms with Crippen molar-refractivity contribution in [2.24, 2.45) is 0 Å². The lowest BCUT2D eigenvalue weighted by molar-refractivity contribution is -0.142. The van der Waals surface area contributed by atoms with Crippen LogP contribution in [0.4, 0.5) is 0 Å². The molecule has 0 fully saturated rings. The van der Waals surface area contributed by atoms with Gasteiger partial charge < -0.3 is 15.0 Å². The van der Waals surface area contributed by atoms with E-state index in [1.807, 2.05) is 71.0 Å². The number of rotatable bonds is 9. The second-order valence-corrected chi connectivity index (χ2v) is 8.54. The number of nitrogens with zero attached hydrogens (tertiary/aromatic N) is 1. The van der Waals surface area contributed by atoms with E-state index in [9.17, 15) is 9.59 Å². The lowest BCUT2D eigenvalue weighted by Gasteiger charge is -2.29. The second-order valence-electron chi connectivity index (χ2n) is 8.16. The summed E-state index contributed by atoms with van der Waals surface area (Å²) >= 11 is 6.22. The first kappa shape index (κ1) is 24.7. The van der Waals surface area contributed by atoms with Crippen molar-refractivity contribution < 1.29 is 14.3 Å². The third-order valence-corrected chi connectivity index (χ3v) is 5.97. The van der Waals surface area contributed by atoms with E-state index in [4.69, 9.17) is 16.3 Å². The average Bonchev–Trinajstić information content (AvgIpc) is 2.73. The molecule has 0 bridgehead atoms. The number of amides is 2. The summed E-state index contributed by atoms with van der Waals surface area (Å²) in [5.41, 5.74) is 3.85. The third kappa shape index (κ3) is 7.00. The highest BCUT2D eigenvalue weighted by atomic mass is 35.5. The Labute approximate surface area is 190 Å². The second kappa shape index (κ2) is 11.2. The lowest BCUT2D eigenvalue weighted by atomic mass is 10.1. The van der Waals surface area contributed by atoms with Crippen LogP contribution in [0.15, 0.2) is 36.4 Å². The Balaban J connectivity index is 2.19. The smallest absolute Gasteiger partial charge is 0.261 e. The molecule has 6 heteroatoms. The summed E-state index contributed by atoms with van der Waals surface area (Å²) in [6.07, 6.45) is 0.822. The van der Waals surface area contributed by atoms with Gasteiger partial charge in [-0.1, -0.05) is 48.4 Å². The lowest BCUT2D eigenvalue weighted by Crippen LogP contribution is -2.50. The molecule has 0 saturated heterocycles. The minimum Gasteiger partial charge on any atom is -0.484 e. The molecule has 0 aliphatic rings. The molecule has 2 atom stereocenters. The maximum absolute atomic E-state index is 13.1. The maximum Gasteiger partial charge on any atom is 0.261 e. The van der Waals surface area contributed by atoms with Gasteiger partial charge >= 0.3 is 0 Å². The van der Waals surface area contributed by atoms with Gasteiger partial charge in [0.25, 0.3) is 5.91 Å². The summed E-state index contributed by atoms with van der Waals surface area (Å²) in [6.45, 7) is 11.7. The molecule has 0 aromatic heterocycles. The molecule has 0 aliphatic carbocycles. The molecule has 5 nitrogen and oxygen atoms in total. The molecule has 31 heavy (non-hydrogen) atoms. The molecule has 0 aliphatic heterocycles. The minimum absolute atomic E-state index is 0.0436. The Kier molecular flexibility index (Phi) is 8.93. The molecular formula is C25H33ClN2O3. The first-order chi connectivity index (χ1) is 14.6. The van der Waals surface area contributed by atoms with E-state index >= 15 is 0 Å². The van der Waals surface area contributed by atoms with Gasteiger partial charge in [-0.25, -0.2) is 0 Å². The minimum atomic E-state index is -0.626. The Morgan fingerprint density at radius 3 is 2.32 bits per heavy atom. The zero-order valence-corrected chi connectivity index (χ0v) is 20.0. The number of benzene rings is 2. The summed E-state index contributed by atoms with van der Waals surface area (Å²) in [6, 6.07) is 11.0. The molecule has 0 unspecified atom stereocenters. The Bertz CT molecular complexity index is 906. The van der Waals surface area contributed by atoms with Crippen LogP contribution in [0.3, 0.4) is 0 Å². The van der Waals surface area contributed by atoms with Crippen LogP contribution in [0, 0.1) is 20.8 Å². The number of nitrogens with one attached hydrogen (secondary N) is 1. The molecule has 0 saturated carbocycles. The predicted molar refractivity (Wildman–Crippen MR) is 126 cm³/mol. The van der Waals surface area contributed by atoms with Crippen LogP contribution in [0.5, 0.6) is 5.75 Å². The van der Waals surface area contributed by atoms with Crippen LogP contribution in [-0.2, 0) is 16.1 Å². The van der Waals surface area contributed by atoms with Gasteiger partial charge in [0, 0.05) is 17.6 Å². The van der Waals surface area contributed by atoms with Gasteiger partial charge in [-0.3, -0.25) is 9.59 Å². The fourth-order valence-corrected chi connectivity index (χ4v) is 3.38. The van der Waals surface area contributed by atoms with E-state index in [0.29, 0.717) is 17.3 Å². The van der Waals surface area contributed by atoms with Crippen LogP contribution >= 0.6 is 11.6 Å². The van der Waals surface area contributed by atoms with Crippen LogP contribution in [0.1, 0.15) is 49.4 Å². The number of carbonyl (C=O) groups excluding carboxylic acids is 2. The van der Waals surface area contributed by atoms with Crippen molar-refractivity contribution >= 4 is 23.4 Å². The van der Waals surface area contributed by atoms with Crippen LogP contribution < -0.4 is 10.1 Å². The Morgan fingerprint density at radius 2 is 1.74 bits per heavy atom. The molecule has 0 spiro atoms. The zero-order valence-electron chi connectivity index (χ0n) is 19.3. The van der Waals surface area contributed by atoms with Crippen molar-refractivity contribution in [1.82, 2.24) is 10.2 Å². The standard InChI is InChI=1S/C25H33ClN2O3/c1-7-19(5)27-25(30)20(6)28(14-21-10-8-9-16(2)11-21)23(29)15-31-22-12-17(3)24(26)18(4)13-22/h8-13,19-20H,7,14-15H2,1-6H3,(H,27,30)/t19-,20-/m1/s1. The van der Waals surface area contributed by atoms with E-state index in [1.54, 1.807) is 11.8 Å². The van der Waals surface area contributed by atoms with Crippen molar-refractivity contribution in [3.05, 3.63) is 63.7 Å². The average molecular weight is 445 g/mol. The van der Waals surface area contributed by atoms with Crippen molar-refractivity contribution in [3.63, 3.8) is 0 Å². The van der Waals surface area contributed by atoms with Gasteiger partial charge in [-0.15, -0.1) is 0 Å². The van der Waals surface area contributed by atoms with Gasteiger partial charge in [0.05, 0.1) is 0 Å². The number of carbonyl (C=O) groups is 2. The predicted octanol–water partition coefficient (Wildman–Crippen LogP) is 4.98. The van der Waals surface area contributed by atoms with Crippen molar-refractivity contribution in [3.8, 4) is 5.75 Å².